The molecule has 23 heavy (non-hydrogen) atoms. The SMILES string of the molecule is CCOC(=O)C(c1ccccc1)c1cc(C)cc(C(C)(C)C)c1. The molecule has 2 aromatic rings. The number of hydrogen-bond acceptors (Lipinski definition) is 2. The number of aryl methyl sites for hydroxylation is 1. The molecule has 1 unspecified atom stereocenters. The highest BCUT2D eigenvalue weighted by Crippen LogP contribution is 2.31. The van der Waals surface area contributed by atoms with E-state index < -0.39 is 0 Å². The van der Waals surface area contributed by atoms with Crippen LogP contribution in [-0.4, -0.2) is 12.6 Å². The van der Waals surface area contributed by atoms with Gasteiger partial charge in [0.1, 0.15) is 5.92 Å². The molecular weight excluding hydrogens is 284 g/mol. The van der Waals surface area contributed by atoms with Gasteiger partial charge in [0.2, 0.25) is 0 Å². The summed E-state index contributed by atoms with van der Waals surface area (Å²) in [6.45, 7) is 10.9. The number of rotatable bonds is 4. The highest BCUT2D eigenvalue weighted by molar-refractivity contribution is 5.82. The maximum atomic E-state index is 12.6. The topological polar surface area (TPSA) is 26.3 Å². The van der Waals surface area contributed by atoms with E-state index in [1.54, 1.807) is 0 Å². The molecule has 0 aliphatic rings. The molecule has 0 saturated heterocycles. The first-order valence-corrected chi connectivity index (χ1v) is 8.16. The summed E-state index contributed by atoms with van der Waals surface area (Å²) >= 11 is 0. The van der Waals surface area contributed by atoms with Crippen molar-refractivity contribution in [3.63, 3.8) is 0 Å². The monoisotopic (exact) mass is 310 g/mol. The van der Waals surface area contributed by atoms with E-state index in [0.717, 1.165) is 16.7 Å². The van der Waals surface area contributed by atoms with Crippen molar-refractivity contribution in [1.29, 1.82) is 0 Å². The molecule has 122 valence electrons. The highest BCUT2D eigenvalue weighted by Gasteiger charge is 2.26. The van der Waals surface area contributed by atoms with E-state index in [0.29, 0.717) is 6.61 Å². The molecule has 0 saturated carbocycles. The van der Waals surface area contributed by atoms with Gasteiger partial charge in [-0.1, -0.05) is 74.9 Å². The minimum Gasteiger partial charge on any atom is -0.465 e. The zero-order valence-electron chi connectivity index (χ0n) is 14.7. The van der Waals surface area contributed by atoms with Gasteiger partial charge >= 0.3 is 5.97 Å². The van der Waals surface area contributed by atoms with Crippen LogP contribution in [0.15, 0.2) is 48.5 Å². The lowest BCUT2D eigenvalue weighted by molar-refractivity contribution is -0.143. The van der Waals surface area contributed by atoms with E-state index in [4.69, 9.17) is 4.74 Å². The van der Waals surface area contributed by atoms with Crippen LogP contribution in [0.25, 0.3) is 0 Å². The summed E-state index contributed by atoms with van der Waals surface area (Å²) in [4.78, 5) is 12.6. The summed E-state index contributed by atoms with van der Waals surface area (Å²) < 4.78 is 5.34. The number of hydrogen-bond donors (Lipinski definition) is 0. The van der Waals surface area contributed by atoms with Crippen LogP contribution >= 0.6 is 0 Å². The normalized spacial score (nSPS) is 12.7. The molecule has 2 aromatic carbocycles. The second-order valence-corrected chi connectivity index (χ2v) is 6.98. The number of esters is 1. The van der Waals surface area contributed by atoms with Crippen molar-refractivity contribution in [3.8, 4) is 0 Å². The largest absolute Gasteiger partial charge is 0.465 e. The maximum absolute atomic E-state index is 12.6. The Bertz CT molecular complexity index is 666. The molecule has 0 radical (unpaired) electrons. The van der Waals surface area contributed by atoms with Gasteiger partial charge in [-0.25, -0.2) is 0 Å². The van der Waals surface area contributed by atoms with Gasteiger partial charge < -0.3 is 4.74 Å². The maximum Gasteiger partial charge on any atom is 0.317 e. The summed E-state index contributed by atoms with van der Waals surface area (Å²) in [5.41, 5.74) is 4.41. The molecule has 0 fully saturated rings. The number of ether oxygens (including phenoxy) is 1. The average Bonchev–Trinajstić information content (AvgIpc) is 2.47. The smallest absolute Gasteiger partial charge is 0.317 e. The predicted octanol–water partition coefficient (Wildman–Crippen LogP) is 4.99. The first-order chi connectivity index (χ1) is 10.8. The Morgan fingerprint density at radius 3 is 2.26 bits per heavy atom. The van der Waals surface area contributed by atoms with Crippen molar-refractivity contribution in [2.24, 2.45) is 0 Å². The van der Waals surface area contributed by atoms with E-state index >= 15 is 0 Å². The molecule has 0 N–H and O–H groups in total. The number of carbonyl (C=O) groups is 1. The molecule has 2 nitrogen and oxygen atoms in total. The van der Waals surface area contributed by atoms with Gasteiger partial charge in [-0.2, -0.15) is 0 Å². The van der Waals surface area contributed by atoms with Crippen molar-refractivity contribution >= 4 is 5.97 Å². The van der Waals surface area contributed by atoms with Crippen LogP contribution in [-0.2, 0) is 14.9 Å². The van der Waals surface area contributed by atoms with Crippen molar-refractivity contribution in [2.75, 3.05) is 6.61 Å². The highest BCUT2D eigenvalue weighted by atomic mass is 16.5. The second-order valence-electron chi connectivity index (χ2n) is 6.98. The minimum atomic E-state index is -0.378. The molecule has 1 atom stereocenters. The van der Waals surface area contributed by atoms with Gasteiger partial charge in [0.25, 0.3) is 0 Å². The van der Waals surface area contributed by atoms with Crippen molar-refractivity contribution in [1.82, 2.24) is 0 Å². The fourth-order valence-corrected chi connectivity index (χ4v) is 2.75. The Morgan fingerprint density at radius 2 is 1.70 bits per heavy atom. The summed E-state index contributed by atoms with van der Waals surface area (Å²) in [6.07, 6.45) is 0. The van der Waals surface area contributed by atoms with Gasteiger partial charge in [0.05, 0.1) is 6.61 Å². The molecule has 0 spiro atoms. The number of carbonyl (C=O) groups excluding carboxylic acids is 1. The molecule has 0 amide bonds. The second kappa shape index (κ2) is 6.99. The zero-order valence-corrected chi connectivity index (χ0v) is 14.7. The Labute approximate surface area is 139 Å². The lowest BCUT2D eigenvalue weighted by atomic mass is 9.82. The lowest BCUT2D eigenvalue weighted by Gasteiger charge is -2.23. The van der Waals surface area contributed by atoms with Crippen molar-refractivity contribution in [3.05, 3.63) is 70.8 Å². The van der Waals surface area contributed by atoms with Crippen LogP contribution < -0.4 is 0 Å². The van der Waals surface area contributed by atoms with Crippen LogP contribution in [0.5, 0.6) is 0 Å². The third-order valence-corrected chi connectivity index (χ3v) is 3.95. The fourth-order valence-electron chi connectivity index (χ4n) is 2.75. The molecule has 0 heterocycles. The fraction of sp³-hybridized carbons (Fsp3) is 0.381. The van der Waals surface area contributed by atoms with Gasteiger partial charge in [0.15, 0.2) is 0 Å². The summed E-state index contributed by atoms with van der Waals surface area (Å²) in [5.74, 6) is -0.568. The number of benzene rings is 2. The van der Waals surface area contributed by atoms with Gasteiger partial charge in [0, 0.05) is 0 Å². The van der Waals surface area contributed by atoms with Gasteiger partial charge in [-0.15, -0.1) is 0 Å². The Kier molecular flexibility index (Phi) is 5.25. The Balaban J connectivity index is 2.56. The summed E-state index contributed by atoms with van der Waals surface area (Å²) in [5, 5.41) is 0. The predicted molar refractivity (Wildman–Crippen MR) is 94.8 cm³/mol. The van der Waals surface area contributed by atoms with E-state index in [9.17, 15) is 4.79 Å². The molecule has 0 aromatic heterocycles. The Hall–Kier alpha value is -2.09. The van der Waals surface area contributed by atoms with Crippen LogP contribution in [0.3, 0.4) is 0 Å². The molecular formula is C21H26O2. The van der Waals surface area contributed by atoms with Crippen molar-refractivity contribution < 1.29 is 9.53 Å². The van der Waals surface area contributed by atoms with E-state index in [2.05, 4.69) is 45.9 Å². The van der Waals surface area contributed by atoms with E-state index in [1.807, 2.05) is 37.3 Å². The summed E-state index contributed by atoms with van der Waals surface area (Å²) in [6, 6.07) is 16.3. The van der Waals surface area contributed by atoms with Gasteiger partial charge in [-0.05, 0) is 36.0 Å². The van der Waals surface area contributed by atoms with Crippen LogP contribution in [0.2, 0.25) is 0 Å². The molecule has 2 heteroatoms. The third kappa shape index (κ3) is 4.22. The minimum absolute atomic E-state index is 0.0384. The standard InChI is InChI=1S/C21H26O2/c1-6-23-20(22)19(16-10-8-7-9-11-16)17-12-15(2)13-18(14-17)21(3,4)5/h7-14,19H,6H2,1-5H3. The van der Waals surface area contributed by atoms with E-state index in [-0.39, 0.29) is 17.3 Å². The van der Waals surface area contributed by atoms with E-state index in [1.165, 1.54) is 5.56 Å². The van der Waals surface area contributed by atoms with Gasteiger partial charge in [-0.3, -0.25) is 4.79 Å². The zero-order chi connectivity index (χ0) is 17.0. The average molecular weight is 310 g/mol. The van der Waals surface area contributed by atoms with Crippen LogP contribution in [0.4, 0.5) is 0 Å². The first-order valence-electron chi connectivity index (χ1n) is 8.16. The quantitative estimate of drug-likeness (QED) is 0.744. The van der Waals surface area contributed by atoms with Crippen LogP contribution in [0, 0.1) is 6.92 Å². The molecule has 0 bridgehead atoms. The summed E-state index contributed by atoms with van der Waals surface area (Å²) in [7, 11) is 0. The molecule has 0 aliphatic heterocycles. The molecule has 2 rings (SSSR count). The first kappa shape index (κ1) is 17.3. The van der Waals surface area contributed by atoms with Crippen molar-refractivity contribution in [2.45, 2.75) is 46.0 Å². The Morgan fingerprint density at radius 1 is 1.04 bits per heavy atom. The van der Waals surface area contributed by atoms with Crippen LogP contribution in [0.1, 0.15) is 55.9 Å². The molecule has 0 aliphatic carbocycles. The lowest BCUT2D eigenvalue weighted by Crippen LogP contribution is -2.19. The third-order valence-electron chi connectivity index (χ3n) is 3.95.